The summed E-state index contributed by atoms with van der Waals surface area (Å²) in [7, 11) is 2.18. The fourth-order valence-corrected chi connectivity index (χ4v) is 7.25. The van der Waals surface area contributed by atoms with Crippen molar-refractivity contribution >= 4 is 69.1 Å². The number of allylic oxidation sites excluding steroid dienone is 1. The van der Waals surface area contributed by atoms with E-state index in [1.165, 1.54) is 29.7 Å². The van der Waals surface area contributed by atoms with E-state index in [-0.39, 0.29) is 12.1 Å². The Balaban J connectivity index is 1.26. The first-order chi connectivity index (χ1) is 21.4. The number of likely N-dealkylation sites (N-methyl/N-ethyl adjacent to an activating group) is 1. The van der Waals surface area contributed by atoms with Gasteiger partial charge in [-0.2, -0.15) is 4.98 Å². The Hall–Kier alpha value is -3.89. The van der Waals surface area contributed by atoms with Gasteiger partial charge in [-0.1, -0.05) is 41.4 Å². The van der Waals surface area contributed by atoms with E-state index >= 15 is 0 Å². The second kappa shape index (κ2) is 12.2. The van der Waals surface area contributed by atoms with Crippen LogP contribution in [0.4, 0.5) is 11.6 Å². The van der Waals surface area contributed by atoms with Crippen molar-refractivity contribution in [3.63, 3.8) is 0 Å². The average Bonchev–Trinajstić information content (AvgIpc) is 3.75. The molecule has 1 unspecified atom stereocenters. The van der Waals surface area contributed by atoms with Crippen LogP contribution in [0.2, 0.25) is 10.0 Å². The maximum absolute atomic E-state index is 14.1. The predicted octanol–water partition coefficient (Wildman–Crippen LogP) is 7.64. The van der Waals surface area contributed by atoms with Crippen LogP contribution in [0.5, 0.6) is 0 Å². The predicted molar refractivity (Wildman–Crippen MR) is 181 cm³/mol. The van der Waals surface area contributed by atoms with Crippen LogP contribution in [0.15, 0.2) is 76.1 Å². The summed E-state index contributed by atoms with van der Waals surface area (Å²) in [5.74, 6) is 0.939. The molecule has 2 aromatic carbocycles. The Morgan fingerprint density at radius 2 is 1.91 bits per heavy atom. The standard InChI is InChI=1S/C33H29Cl2N7OS/c1-41-12-3-4-21(18-41)20-6-8-24(9-7-20)39-33-38-17-23-14-25(32(43)42(31(23)40-33)19-29-37-11-13-44-29)30-26(34)15-22(16-27(30)35)28-5-2-10-36-28/h5-11,13-17,21H,2-4,12,18-19H2,1H3,(H,38,39,40). The molecule has 2 aliphatic rings. The third kappa shape index (κ3) is 5.80. The minimum absolute atomic E-state index is 0.247. The van der Waals surface area contributed by atoms with Gasteiger partial charge >= 0.3 is 0 Å². The second-order valence-corrected chi connectivity index (χ2v) is 12.9. The maximum atomic E-state index is 14.1. The molecule has 0 spiro atoms. The highest BCUT2D eigenvalue weighted by Gasteiger charge is 2.21. The molecule has 1 saturated heterocycles. The van der Waals surface area contributed by atoms with E-state index in [1.54, 1.807) is 35.2 Å². The minimum Gasteiger partial charge on any atom is -0.324 e. The molecule has 0 saturated carbocycles. The summed E-state index contributed by atoms with van der Waals surface area (Å²) < 4.78 is 1.61. The lowest BCUT2D eigenvalue weighted by molar-refractivity contribution is 0.251. The lowest BCUT2D eigenvalue weighted by Crippen LogP contribution is -2.30. The van der Waals surface area contributed by atoms with Crippen LogP contribution in [-0.2, 0) is 6.54 Å². The van der Waals surface area contributed by atoms with Crippen LogP contribution in [0.3, 0.4) is 0 Å². The monoisotopic (exact) mass is 641 g/mol. The zero-order valence-electron chi connectivity index (χ0n) is 24.0. The first-order valence-electron chi connectivity index (χ1n) is 14.5. The molecule has 1 atom stereocenters. The Kier molecular flexibility index (Phi) is 8.03. The van der Waals surface area contributed by atoms with Crippen molar-refractivity contribution in [1.82, 2.24) is 24.4 Å². The second-order valence-electron chi connectivity index (χ2n) is 11.1. The Bertz CT molecular complexity index is 1950. The molecule has 5 heterocycles. The van der Waals surface area contributed by atoms with Crippen LogP contribution in [0.1, 0.15) is 41.3 Å². The first-order valence-corrected chi connectivity index (χ1v) is 16.1. The highest BCUT2D eigenvalue weighted by Crippen LogP contribution is 2.38. The van der Waals surface area contributed by atoms with Crippen LogP contribution in [0.25, 0.3) is 27.9 Å². The number of nitrogens with one attached hydrogen (secondary N) is 1. The summed E-state index contributed by atoms with van der Waals surface area (Å²) in [6, 6.07) is 13.8. The maximum Gasteiger partial charge on any atom is 0.260 e. The number of nitrogens with zero attached hydrogens (tertiary/aromatic N) is 6. The van der Waals surface area contributed by atoms with Crippen molar-refractivity contribution in [2.45, 2.75) is 31.7 Å². The van der Waals surface area contributed by atoms with Crippen molar-refractivity contribution in [1.29, 1.82) is 0 Å². The Labute approximate surface area is 268 Å². The normalized spacial score (nSPS) is 16.9. The Morgan fingerprint density at radius 3 is 2.61 bits per heavy atom. The number of piperidine rings is 1. The van der Waals surface area contributed by atoms with Crippen molar-refractivity contribution in [2.75, 3.05) is 25.5 Å². The van der Waals surface area contributed by atoms with Gasteiger partial charge in [0.25, 0.3) is 5.56 Å². The van der Waals surface area contributed by atoms with Crippen molar-refractivity contribution in [2.24, 2.45) is 4.99 Å². The number of fused-ring (bicyclic) bond motifs is 1. The number of pyridine rings is 1. The summed E-state index contributed by atoms with van der Waals surface area (Å²) >= 11 is 15.0. The average molecular weight is 643 g/mol. The molecule has 1 fully saturated rings. The van der Waals surface area contributed by atoms with E-state index in [2.05, 4.69) is 56.5 Å². The number of hydrogen-bond acceptors (Lipinski definition) is 8. The third-order valence-electron chi connectivity index (χ3n) is 8.12. The lowest BCUT2D eigenvalue weighted by Gasteiger charge is -2.30. The van der Waals surface area contributed by atoms with Crippen LogP contribution in [-0.4, -0.2) is 50.8 Å². The van der Waals surface area contributed by atoms with E-state index in [1.807, 2.05) is 17.7 Å². The molecule has 3 aromatic heterocycles. The fourth-order valence-electron chi connectivity index (χ4n) is 5.96. The van der Waals surface area contributed by atoms with Crippen LogP contribution >= 0.6 is 34.5 Å². The van der Waals surface area contributed by atoms with E-state index in [9.17, 15) is 4.79 Å². The van der Waals surface area contributed by atoms with Gasteiger partial charge in [-0.15, -0.1) is 11.3 Å². The molecule has 222 valence electrons. The van der Waals surface area contributed by atoms with Gasteiger partial charge in [-0.3, -0.25) is 14.4 Å². The number of likely N-dealkylation sites (tertiary alicyclic amines) is 1. The number of benzene rings is 2. The summed E-state index contributed by atoms with van der Waals surface area (Å²) in [5, 5.41) is 7.40. The van der Waals surface area contributed by atoms with Gasteiger partial charge in [0, 0.05) is 59.2 Å². The molecule has 0 radical (unpaired) electrons. The number of rotatable bonds is 7. The number of hydrogen-bond donors (Lipinski definition) is 1. The van der Waals surface area contributed by atoms with Gasteiger partial charge < -0.3 is 10.2 Å². The number of thiazole rings is 1. The van der Waals surface area contributed by atoms with E-state index in [4.69, 9.17) is 28.2 Å². The highest BCUT2D eigenvalue weighted by atomic mass is 35.5. The topological polar surface area (TPSA) is 88.3 Å². The molecule has 2 aliphatic heterocycles. The van der Waals surface area contributed by atoms with Gasteiger partial charge in [0.2, 0.25) is 5.95 Å². The molecule has 44 heavy (non-hydrogen) atoms. The molecule has 7 rings (SSSR count). The van der Waals surface area contributed by atoms with Crippen LogP contribution < -0.4 is 10.9 Å². The summed E-state index contributed by atoms with van der Waals surface area (Å²) in [5.41, 5.74) is 4.88. The van der Waals surface area contributed by atoms with Gasteiger partial charge in [0.05, 0.1) is 27.9 Å². The molecule has 0 amide bonds. The van der Waals surface area contributed by atoms with Crippen molar-refractivity contribution in [3.8, 4) is 11.1 Å². The summed E-state index contributed by atoms with van der Waals surface area (Å²) in [4.78, 5) is 34.7. The van der Waals surface area contributed by atoms with Crippen molar-refractivity contribution < 1.29 is 0 Å². The quantitative estimate of drug-likeness (QED) is 0.196. The number of anilines is 2. The molecule has 0 bridgehead atoms. The number of halogens is 2. The molecule has 1 N–H and O–H groups in total. The van der Waals surface area contributed by atoms with Gasteiger partial charge in [-0.05, 0) is 68.2 Å². The molecule has 8 nitrogen and oxygen atoms in total. The lowest BCUT2D eigenvalue weighted by atomic mass is 9.91. The third-order valence-corrected chi connectivity index (χ3v) is 9.48. The van der Waals surface area contributed by atoms with E-state index < -0.39 is 0 Å². The van der Waals surface area contributed by atoms with Gasteiger partial charge in [0.15, 0.2) is 0 Å². The van der Waals surface area contributed by atoms with Crippen LogP contribution in [0, 0.1) is 0 Å². The number of aromatic nitrogens is 4. The molecule has 5 aromatic rings. The minimum atomic E-state index is -0.270. The van der Waals surface area contributed by atoms with E-state index in [0.717, 1.165) is 41.5 Å². The number of aliphatic imine (C=N–C) groups is 1. The SMILES string of the molecule is CN1CCCC(c2ccc(Nc3ncc4cc(-c5c(Cl)cc(C6=CCC=N6)cc5Cl)c(=O)n(Cc5nccs5)c4n3)cc2)C1. The molecular formula is C33H29Cl2N7OS. The van der Waals surface area contributed by atoms with Gasteiger partial charge in [0.1, 0.15) is 10.7 Å². The highest BCUT2D eigenvalue weighted by molar-refractivity contribution is 7.09. The smallest absolute Gasteiger partial charge is 0.260 e. The van der Waals surface area contributed by atoms with Gasteiger partial charge in [-0.25, -0.2) is 9.97 Å². The largest absolute Gasteiger partial charge is 0.324 e. The summed E-state index contributed by atoms with van der Waals surface area (Å²) in [6.45, 7) is 2.48. The zero-order valence-corrected chi connectivity index (χ0v) is 26.3. The first kappa shape index (κ1) is 28.9. The van der Waals surface area contributed by atoms with Crippen molar-refractivity contribution in [3.05, 3.63) is 103 Å². The van der Waals surface area contributed by atoms with E-state index in [0.29, 0.717) is 44.1 Å². The molecule has 0 aliphatic carbocycles. The molecule has 11 heteroatoms. The zero-order chi connectivity index (χ0) is 30.2. The fraction of sp³-hybridized carbons (Fsp3) is 0.242. The Morgan fingerprint density at radius 1 is 1.09 bits per heavy atom. The molecular weight excluding hydrogens is 613 g/mol. The summed E-state index contributed by atoms with van der Waals surface area (Å²) in [6.07, 6.45) is 10.5.